The zero-order valence-electron chi connectivity index (χ0n) is 12.5. The zero-order valence-corrected chi connectivity index (χ0v) is 12.5. The predicted molar refractivity (Wildman–Crippen MR) is 75.4 cm³/mol. The average Bonchev–Trinajstić information content (AvgIpc) is 2.78. The Balaban J connectivity index is 2.90. The Hall–Kier alpha value is -2.21. The zero-order chi connectivity index (χ0) is 16.0. The molecular formula is C13H20N4O4. The third-order valence-electron chi connectivity index (χ3n) is 2.78. The molecule has 2 atom stereocenters. The Bertz CT molecular complexity index is 465. The first-order valence-electron chi connectivity index (χ1n) is 6.61. The van der Waals surface area contributed by atoms with E-state index in [2.05, 4.69) is 16.6 Å². The van der Waals surface area contributed by atoms with Crippen LogP contribution in [0.1, 0.15) is 27.2 Å². The normalized spacial score (nSPS) is 21.4. The number of nitrogens with zero attached hydrogens (tertiary/aromatic N) is 4. The van der Waals surface area contributed by atoms with Gasteiger partial charge >= 0.3 is 12.1 Å². The molecular weight excluding hydrogens is 276 g/mol. The lowest BCUT2D eigenvalue weighted by atomic mass is 10.1. The summed E-state index contributed by atoms with van der Waals surface area (Å²) in [5.41, 5.74) is 7.89. The van der Waals surface area contributed by atoms with Gasteiger partial charge in [0.05, 0.1) is 6.04 Å². The monoisotopic (exact) mass is 296 g/mol. The fourth-order valence-corrected chi connectivity index (χ4v) is 2.00. The number of rotatable bonds is 4. The third kappa shape index (κ3) is 4.68. The van der Waals surface area contributed by atoms with Crippen LogP contribution < -0.4 is 0 Å². The van der Waals surface area contributed by atoms with Gasteiger partial charge < -0.3 is 9.47 Å². The summed E-state index contributed by atoms with van der Waals surface area (Å²) in [4.78, 5) is 28.2. The summed E-state index contributed by atoms with van der Waals surface area (Å²) < 4.78 is 10.2. The van der Waals surface area contributed by atoms with Gasteiger partial charge in [0.1, 0.15) is 18.2 Å². The maximum atomic E-state index is 12.1. The molecule has 0 bridgehead atoms. The lowest BCUT2D eigenvalue weighted by molar-refractivity contribution is -0.147. The fraction of sp³-hybridized carbons (Fsp3) is 0.692. The molecule has 8 heteroatoms. The molecule has 1 fully saturated rings. The maximum absolute atomic E-state index is 12.1. The molecule has 0 N–H and O–H groups in total. The molecule has 1 heterocycles. The average molecular weight is 296 g/mol. The highest BCUT2D eigenvalue weighted by atomic mass is 16.6. The van der Waals surface area contributed by atoms with Crippen molar-refractivity contribution in [3.8, 4) is 0 Å². The van der Waals surface area contributed by atoms with Crippen molar-refractivity contribution in [3.63, 3.8) is 0 Å². The van der Waals surface area contributed by atoms with Crippen LogP contribution in [0, 0.1) is 0 Å². The minimum Gasteiger partial charge on any atom is -0.460 e. The molecule has 0 aromatic rings. The number of carbonyl (C=O) groups is 2. The SMILES string of the molecule is C=CCOC(=O)[C@@H]1[C@H](N=[N+]=[N-])CCN1C(=O)OC(C)(C)C. The molecule has 8 nitrogen and oxygen atoms in total. The lowest BCUT2D eigenvalue weighted by Gasteiger charge is -2.28. The second-order valence-corrected chi connectivity index (χ2v) is 5.60. The van der Waals surface area contributed by atoms with Gasteiger partial charge in [0, 0.05) is 11.5 Å². The molecule has 0 aromatic carbocycles. The fourth-order valence-electron chi connectivity index (χ4n) is 2.00. The Kier molecular flexibility index (Phi) is 5.60. The number of hydrogen-bond acceptors (Lipinski definition) is 5. The van der Waals surface area contributed by atoms with Crippen molar-refractivity contribution in [2.75, 3.05) is 13.2 Å². The molecule has 21 heavy (non-hydrogen) atoms. The van der Waals surface area contributed by atoms with Crippen LogP contribution in [-0.4, -0.2) is 47.8 Å². The summed E-state index contributed by atoms with van der Waals surface area (Å²) >= 11 is 0. The molecule has 116 valence electrons. The summed E-state index contributed by atoms with van der Waals surface area (Å²) in [7, 11) is 0. The molecule has 1 amide bonds. The number of carbonyl (C=O) groups excluding carboxylic acids is 2. The van der Waals surface area contributed by atoms with Crippen LogP contribution in [-0.2, 0) is 14.3 Å². The number of ether oxygens (including phenoxy) is 2. The van der Waals surface area contributed by atoms with Crippen LogP contribution in [0.4, 0.5) is 4.79 Å². The van der Waals surface area contributed by atoms with Gasteiger partial charge in [0.15, 0.2) is 0 Å². The first-order valence-corrected chi connectivity index (χ1v) is 6.61. The van der Waals surface area contributed by atoms with Crippen LogP contribution in [0.15, 0.2) is 17.8 Å². The van der Waals surface area contributed by atoms with Crippen LogP contribution in [0.3, 0.4) is 0 Å². The smallest absolute Gasteiger partial charge is 0.411 e. The second kappa shape index (κ2) is 6.99. The molecule has 0 aliphatic carbocycles. The van der Waals surface area contributed by atoms with Crippen LogP contribution in [0.2, 0.25) is 0 Å². The van der Waals surface area contributed by atoms with E-state index in [1.807, 2.05) is 0 Å². The highest BCUT2D eigenvalue weighted by Crippen LogP contribution is 2.25. The second-order valence-electron chi connectivity index (χ2n) is 5.60. The van der Waals surface area contributed by atoms with Crippen molar-refractivity contribution in [2.24, 2.45) is 5.11 Å². The molecule has 0 radical (unpaired) electrons. The summed E-state index contributed by atoms with van der Waals surface area (Å²) in [6.07, 6.45) is 1.18. The van der Waals surface area contributed by atoms with E-state index in [1.54, 1.807) is 20.8 Å². The first kappa shape index (κ1) is 16.8. The number of esters is 1. The van der Waals surface area contributed by atoms with E-state index in [1.165, 1.54) is 11.0 Å². The van der Waals surface area contributed by atoms with Crippen molar-refractivity contribution in [3.05, 3.63) is 23.1 Å². The minimum atomic E-state index is -0.962. The van der Waals surface area contributed by atoms with E-state index in [-0.39, 0.29) is 13.2 Å². The maximum Gasteiger partial charge on any atom is 0.411 e. The minimum absolute atomic E-state index is 0.0283. The summed E-state index contributed by atoms with van der Waals surface area (Å²) in [5, 5.41) is 3.57. The van der Waals surface area contributed by atoms with Crippen LogP contribution in [0.5, 0.6) is 0 Å². The van der Waals surface area contributed by atoms with Gasteiger partial charge in [-0.15, -0.1) is 0 Å². The molecule has 1 aliphatic rings. The lowest BCUT2D eigenvalue weighted by Crippen LogP contribution is -2.47. The molecule has 0 saturated carbocycles. The predicted octanol–water partition coefficient (Wildman–Crippen LogP) is 2.40. The number of likely N-dealkylation sites (tertiary alicyclic amines) is 1. The van der Waals surface area contributed by atoms with Crippen molar-refractivity contribution in [1.82, 2.24) is 4.90 Å². The van der Waals surface area contributed by atoms with Gasteiger partial charge in [0.2, 0.25) is 0 Å². The van der Waals surface area contributed by atoms with Crippen molar-refractivity contribution in [1.29, 1.82) is 0 Å². The molecule has 1 saturated heterocycles. The van der Waals surface area contributed by atoms with Crippen molar-refractivity contribution in [2.45, 2.75) is 44.9 Å². The van der Waals surface area contributed by atoms with E-state index in [9.17, 15) is 9.59 Å². The largest absolute Gasteiger partial charge is 0.460 e. The highest BCUT2D eigenvalue weighted by Gasteiger charge is 2.44. The van der Waals surface area contributed by atoms with Gasteiger partial charge in [-0.25, -0.2) is 9.59 Å². The molecule has 1 rings (SSSR count). The molecule has 0 unspecified atom stereocenters. The van der Waals surface area contributed by atoms with E-state index in [0.29, 0.717) is 6.42 Å². The number of amides is 1. The van der Waals surface area contributed by atoms with Crippen molar-refractivity contribution >= 4 is 12.1 Å². The third-order valence-corrected chi connectivity index (χ3v) is 2.78. The molecule has 1 aliphatic heterocycles. The van der Waals surface area contributed by atoms with E-state index >= 15 is 0 Å². The first-order chi connectivity index (χ1) is 9.80. The molecule has 0 spiro atoms. The Labute approximate surface area is 123 Å². The summed E-state index contributed by atoms with van der Waals surface area (Å²) in [5.74, 6) is -0.629. The standard InChI is InChI=1S/C13H20N4O4/c1-5-8-20-11(18)10-9(15-16-14)6-7-17(10)12(19)21-13(2,3)4/h5,9-10H,1,6-8H2,2-4H3/t9-,10+/m1/s1. The summed E-state index contributed by atoms with van der Waals surface area (Å²) in [6, 6.07) is -1.62. The Morgan fingerprint density at radius 3 is 2.71 bits per heavy atom. The van der Waals surface area contributed by atoms with E-state index in [4.69, 9.17) is 15.0 Å². The van der Waals surface area contributed by atoms with Crippen LogP contribution in [0.25, 0.3) is 10.4 Å². The Morgan fingerprint density at radius 2 is 2.19 bits per heavy atom. The molecule has 0 aromatic heterocycles. The number of hydrogen-bond donors (Lipinski definition) is 0. The van der Waals surface area contributed by atoms with Gasteiger partial charge in [-0.05, 0) is 32.7 Å². The highest BCUT2D eigenvalue weighted by molar-refractivity contribution is 5.83. The van der Waals surface area contributed by atoms with Gasteiger partial charge in [0.25, 0.3) is 0 Å². The van der Waals surface area contributed by atoms with Gasteiger partial charge in [-0.2, -0.15) is 0 Å². The van der Waals surface area contributed by atoms with E-state index in [0.717, 1.165) is 0 Å². The van der Waals surface area contributed by atoms with Gasteiger partial charge in [-0.3, -0.25) is 4.90 Å². The summed E-state index contributed by atoms with van der Waals surface area (Å²) in [6.45, 7) is 8.95. The number of azide groups is 1. The topological polar surface area (TPSA) is 105 Å². The van der Waals surface area contributed by atoms with Crippen molar-refractivity contribution < 1.29 is 19.1 Å². The van der Waals surface area contributed by atoms with Crippen LogP contribution >= 0.6 is 0 Å². The van der Waals surface area contributed by atoms with E-state index < -0.39 is 29.7 Å². The van der Waals surface area contributed by atoms with Gasteiger partial charge in [-0.1, -0.05) is 17.8 Å². The Morgan fingerprint density at radius 1 is 1.52 bits per heavy atom. The quantitative estimate of drug-likeness (QED) is 0.261.